The van der Waals surface area contributed by atoms with Gasteiger partial charge < -0.3 is 15.6 Å². The number of anilines is 3. The fraction of sp³-hybridized carbons (Fsp3) is 0.211. The topological polar surface area (TPSA) is 106 Å². The van der Waals surface area contributed by atoms with Crippen molar-refractivity contribution in [3.05, 3.63) is 54.4 Å². The quantitative estimate of drug-likeness (QED) is 0.654. The first-order chi connectivity index (χ1) is 12.3. The molecule has 0 aliphatic carbocycles. The van der Waals surface area contributed by atoms with Crippen LogP contribution in [0, 0.1) is 0 Å². The summed E-state index contributed by atoms with van der Waals surface area (Å²) < 4.78 is 5.25. The van der Waals surface area contributed by atoms with Gasteiger partial charge in [-0.05, 0) is 29.8 Å². The maximum Gasteiger partial charge on any atom is 0.324 e. The number of nitrogens with zero attached hydrogens (tertiary/aromatic N) is 2. The molecule has 0 bridgehead atoms. The molecule has 0 saturated heterocycles. The summed E-state index contributed by atoms with van der Waals surface area (Å²) in [7, 11) is 0. The van der Waals surface area contributed by atoms with Gasteiger partial charge in [0.05, 0.1) is 0 Å². The van der Waals surface area contributed by atoms with Crippen molar-refractivity contribution in [3.8, 4) is 11.1 Å². The van der Waals surface area contributed by atoms with Gasteiger partial charge in [-0.1, -0.05) is 38.1 Å². The summed E-state index contributed by atoms with van der Waals surface area (Å²) in [5.74, 6) is 1.55. The number of nitrogens with one attached hydrogen (secondary N) is 2. The molecule has 7 heteroatoms. The van der Waals surface area contributed by atoms with Gasteiger partial charge in [-0.3, -0.25) is 5.32 Å². The Hall–Kier alpha value is -3.35. The van der Waals surface area contributed by atoms with Crippen molar-refractivity contribution in [1.29, 1.82) is 0 Å². The second kappa shape index (κ2) is 6.87. The van der Waals surface area contributed by atoms with Gasteiger partial charge >= 0.3 is 6.03 Å². The van der Waals surface area contributed by atoms with E-state index in [-0.39, 0.29) is 11.4 Å². The molecular weight excluding hydrogens is 330 g/mol. The first kappa shape index (κ1) is 17.5. The Balaban J connectivity index is 1.62. The molecule has 0 fully saturated rings. The van der Waals surface area contributed by atoms with Gasteiger partial charge in [0.25, 0.3) is 0 Å². The van der Waals surface area contributed by atoms with E-state index in [1.54, 1.807) is 18.3 Å². The van der Waals surface area contributed by atoms with Crippen molar-refractivity contribution in [3.63, 3.8) is 0 Å². The Kier molecular flexibility index (Phi) is 4.62. The van der Waals surface area contributed by atoms with Crippen LogP contribution in [0.1, 0.15) is 26.5 Å². The minimum Gasteiger partial charge on any atom is -0.384 e. The Morgan fingerprint density at radius 2 is 1.73 bits per heavy atom. The number of benzene rings is 1. The number of carbonyl (C=O) groups excluding carboxylic acids is 1. The second-order valence-electron chi connectivity index (χ2n) is 6.95. The summed E-state index contributed by atoms with van der Waals surface area (Å²) >= 11 is 0. The molecule has 7 nitrogen and oxygen atoms in total. The standard InChI is InChI=1S/C19H21N5O2/c1-19(2,3)15-10-17(24-26-15)23-18(25)22-14-7-4-12(5-8-14)13-6-9-16(20)21-11-13/h4-11H,1-3H3,(H2,20,21)(H2,22,23,24,25). The summed E-state index contributed by atoms with van der Waals surface area (Å²) in [6.07, 6.45) is 1.71. The van der Waals surface area contributed by atoms with Crippen molar-refractivity contribution in [2.24, 2.45) is 0 Å². The van der Waals surface area contributed by atoms with E-state index in [1.807, 2.05) is 51.1 Å². The van der Waals surface area contributed by atoms with Crippen LogP contribution in [0.4, 0.5) is 22.1 Å². The minimum absolute atomic E-state index is 0.170. The van der Waals surface area contributed by atoms with Crippen molar-refractivity contribution in [2.75, 3.05) is 16.4 Å². The van der Waals surface area contributed by atoms with E-state index in [9.17, 15) is 4.79 Å². The molecule has 0 aliphatic heterocycles. The molecule has 0 radical (unpaired) electrons. The third kappa shape index (κ3) is 4.18. The van der Waals surface area contributed by atoms with E-state index in [0.29, 0.717) is 23.1 Å². The molecule has 0 atom stereocenters. The Labute approximate surface area is 151 Å². The lowest BCUT2D eigenvalue weighted by Gasteiger charge is -2.12. The fourth-order valence-corrected chi connectivity index (χ4v) is 2.29. The number of nitrogens with two attached hydrogens (primary N) is 1. The molecule has 0 spiro atoms. The minimum atomic E-state index is -0.388. The molecule has 1 aromatic carbocycles. The number of aromatic nitrogens is 2. The molecule has 3 aromatic rings. The summed E-state index contributed by atoms with van der Waals surface area (Å²) in [5.41, 5.74) is 8.02. The third-order valence-electron chi connectivity index (χ3n) is 3.75. The molecule has 2 aromatic heterocycles. The highest BCUT2D eigenvalue weighted by Crippen LogP contribution is 2.25. The van der Waals surface area contributed by atoms with Crippen LogP contribution in [0.25, 0.3) is 11.1 Å². The predicted molar refractivity (Wildman–Crippen MR) is 102 cm³/mol. The van der Waals surface area contributed by atoms with Crippen molar-refractivity contribution >= 4 is 23.4 Å². The lowest BCUT2D eigenvalue weighted by molar-refractivity contribution is 0.262. The van der Waals surface area contributed by atoms with Gasteiger partial charge in [0, 0.05) is 28.9 Å². The Morgan fingerprint density at radius 3 is 2.31 bits per heavy atom. The van der Waals surface area contributed by atoms with Crippen molar-refractivity contribution < 1.29 is 9.32 Å². The molecule has 3 rings (SSSR count). The molecule has 2 amide bonds. The van der Waals surface area contributed by atoms with Crippen molar-refractivity contribution in [2.45, 2.75) is 26.2 Å². The Morgan fingerprint density at radius 1 is 1.04 bits per heavy atom. The number of amides is 2. The smallest absolute Gasteiger partial charge is 0.324 e. The van der Waals surface area contributed by atoms with E-state index in [4.69, 9.17) is 10.3 Å². The van der Waals surface area contributed by atoms with Gasteiger partial charge in [0.2, 0.25) is 0 Å². The Bertz CT molecular complexity index is 893. The highest BCUT2D eigenvalue weighted by Gasteiger charge is 2.20. The number of hydrogen-bond donors (Lipinski definition) is 3. The van der Waals surface area contributed by atoms with E-state index in [2.05, 4.69) is 20.8 Å². The molecule has 2 heterocycles. The molecule has 4 N–H and O–H groups in total. The van der Waals surface area contributed by atoms with E-state index in [0.717, 1.165) is 11.1 Å². The molecule has 26 heavy (non-hydrogen) atoms. The van der Waals surface area contributed by atoms with Crippen LogP contribution in [-0.2, 0) is 5.41 Å². The monoisotopic (exact) mass is 351 g/mol. The summed E-state index contributed by atoms with van der Waals surface area (Å²) in [4.78, 5) is 16.2. The fourth-order valence-electron chi connectivity index (χ4n) is 2.29. The molecule has 0 aliphatic rings. The first-order valence-electron chi connectivity index (χ1n) is 8.18. The van der Waals surface area contributed by atoms with Crippen LogP contribution < -0.4 is 16.4 Å². The number of rotatable bonds is 3. The summed E-state index contributed by atoms with van der Waals surface area (Å²) in [5, 5.41) is 9.28. The highest BCUT2D eigenvalue weighted by molar-refractivity contribution is 5.99. The average Bonchev–Trinajstić information content (AvgIpc) is 3.05. The lowest BCUT2D eigenvalue weighted by Crippen LogP contribution is -2.19. The molecule has 0 unspecified atom stereocenters. The zero-order valence-corrected chi connectivity index (χ0v) is 14.9. The van der Waals surface area contributed by atoms with Crippen LogP contribution in [0.15, 0.2) is 53.2 Å². The molecule has 134 valence electrons. The number of hydrogen-bond acceptors (Lipinski definition) is 5. The first-order valence-corrected chi connectivity index (χ1v) is 8.18. The summed E-state index contributed by atoms with van der Waals surface area (Å²) in [6.45, 7) is 6.03. The van der Waals surface area contributed by atoms with Gasteiger partial charge in [-0.15, -0.1) is 0 Å². The van der Waals surface area contributed by atoms with Crippen LogP contribution in [0.5, 0.6) is 0 Å². The molecular formula is C19H21N5O2. The number of nitrogen functional groups attached to an aromatic ring is 1. The van der Waals surface area contributed by atoms with Crippen LogP contribution >= 0.6 is 0 Å². The predicted octanol–water partition coefficient (Wildman–Crippen LogP) is 4.26. The number of pyridine rings is 1. The van der Waals surface area contributed by atoms with Gasteiger partial charge in [0.15, 0.2) is 5.82 Å². The highest BCUT2D eigenvalue weighted by atomic mass is 16.5. The average molecular weight is 351 g/mol. The van der Waals surface area contributed by atoms with Gasteiger partial charge in [0.1, 0.15) is 11.6 Å². The maximum atomic E-state index is 12.1. The van der Waals surface area contributed by atoms with Crippen LogP contribution in [0.3, 0.4) is 0 Å². The number of carbonyl (C=O) groups is 1. The second-order valence-corrected chi connectivity index (χ2v) is 6.95. The zero-order chi connectivity index (χ0) is 18.7. The third-order valence-corrected chi connectivity index (χ3v) is 3.75. The number of urea groups is 1. The van der Waals surface area contributed by atoms with Gasteiger partial charge in [-0.2, -0.15) is 0 Å². The van der Waals surface area contributed by atoms with Crippen LogP contribution in [0.2, 0.25) is 0 Å². The van der Waals surface area contributed by atoms with E-state index in [1.165, 1.54) is 0 Å². The lowest BCUT2D eigenvalue weighted by atomic mass is 9.93. The summed E-state index contributed by atoms with van der Waals surface area (Å²) in [6, 6.07) is 12.4. The SMILES string of the molecule is CC(C)(C)c1cc(NC(=O)Nc2ccc(-c3ccc(N)nc3)cc2)no1. The largest absolute Gasteiger partial charge is 0.384 e. The molecule has 0 saturated carbocycles. The van der Waals surface area contributed by atoms with Gasteiger partial charge in [-0.25, -0.2) is 9.78 Å². The zero-order valence-electron chi connectivity index (χ0n) is 14.9. The normalized spacial score (nSPS) is 11.2. The van der Waals surface area contributed by atoms with E-state index >= 15 is 0 Å². The van der Waals surface area contributed by atoms with Crippen LogP contribution in [-0.4, -0.2) is 16.2 Å². The van der Waals surface area contributed by atoms with Crippen molar-refractivity contribution in [1.82, 2.24) is 10.1 Å². The van der Waals surface area contributed by atoms with E-state index < -0.39 is 0 Å². The maximum absolute atomic E-state index is 12.1.